The van der Waals surface area contributed by atoms with Crippen molar-refractivity contribution in [3.63, 3.8) is 0 Å². The Kier molecular flexibility index (Phi) is 8.00. The van der Waals surface area contributed by atoms with Gasteiger partial charge in [0.05, 0.1) is 0 Å². The molecule has 1 atom stereocenters. The molecule has 0 bridgehead atoms. The van der Waals surface area contributed by atoms with Crippen molar-refractivity contribution in [3.05, 3.63) is 12.2 Å². The number of rotatable bonds is 2. The van der Waals surface area contributed by atoms with Gasteiger partial charge in [-0.3, -0.25) is 5.73 Å². The van der Waals surface area contributed by atoms with Gasteiger partial charge in [-0.05, 0) is 13.8 Å². The van der Waals surface area contributed by atoms with Gasteiger partial charge < -0.3 is 4.74 Å². The topological polar surface area (TPSA) is 52.3 Å². The van der Waals surface area contributed by atoms with Crippen LogP contribution in [0.3, 0.4) is 0 Å². The molecule has 60 valence electrons. The lowest BCUT2D eigenvalue weighted by atomic mass is 10.5. The highest BCUT2D eigenvalue weighted by Gasteiger charge is 1.97. The van der Waals surface area contributed by atoms with Crippen molar-refractivity contribution < 1.29 is 9.53 Å². The van der Waals surface area contributed by atoms with Crippen LogP contribution in [0.2, 0.25) is 0 Å². The number of halogens is 1. The first-order chi connectivity index (χ1) is 4.16. The second-order valence-corrected chi connectivity index (χ2v) is 1.64. The number of carbonyl (C=O) groups excluding carboxylic acids is 1. The minimum atomic E-state index is -0.520. The zero-order valence-corrected chi connectivity index (χ0v) is 6.85. The van der Waals surface area contributed by atoms with Crippen molar-refractivity contribution in [2.24, 2.45) is 5.73 Å². The van der Waals surface area contributed by atoms with E-state index in [4.69, 9.17) is 5.73 Å². The van der Waals surface area contributed by atoms with Crippen LogP contribution < -0.4 is 5.73 Å². The second kappa shape index (κ2) is 6.58. The maximum atomic E-state index is 10.5. The fourth-order valence-corrected chi connectivity index (χ4v) is 0.359. The molecular weight excluding hydrogens is 154 g/mol. The lowest BCUT2D eigenvalue weighted by Crippen LogP contribution is -2.21. The van der Waals surface area contributed by atoms with Gasteiger partial charge in [-0.25, -0.2) is 4.79 Å². The summed E-state index contributed by atoms with van der Waals surface area (Å²) in [6.07, 6.45) is 2.40. The van der Waals surface area contributed by atoms with E-state index in [1.165, 1.54) is 6.08 Å². The molecule has 2 N–H and O–H groups in total. The molecule has 0 radical (unpaired) electrons. The number of allylic oxidation sites excluding steroid dienone is 1. The summed E-state index contributed by atoms with van der Waals surface area (Å²) >= 11 is 0. The number of hydrogen-bond donors (Lipinski definition) is 1. The Balaban J connectivity index is 0. The Morgan fingerprint density at radius 3 is 2.50 bits per heavy atom. The Hall–Kier alpha value is -0.540. The van der Waals surface area contributed by atoms with Gasteiger partial charge >= 0.3 is 5.97 Å². The van der Waals surface area contributed by atoms with Crippen molar-refractivity contribution in [3.8, 4) is 0 Å². The molecule has 0 aromatic rings. The van der Waals surface area contributed by atoms with Gasteiger partial charge in [0, 0.05) is 6.08 Å². The first-order valence-corrected chi connectivity index (χ1v) is 2.75. The maximum Gasteiger partial charge on any atom is 0.331 e. The predicted octanol–water partition coefficient (Wildman–Crippen LogP) is 0.832. The van der Waals surface area contributed by atoms with Gasteiger partial charge in [-0.15, -0.1) is 12.4 Å². The summed E-state index contributed by atoms with van der Waals surface area (Å²) in [5.74, 6) is -0.396. The number of nitrogens with two attached hydrogens (primary N) is 1. The molecule has 0 aliphatic carbocycles. The molecule has 0 aliphatic rings. The summed E-state index contributed by atoms with van der Waals surface area (Å²) in [4.78, 5) is 10.5. The van der Waals surface area contributed by atoms with Crippen molar-refractivity contribution in [2.75, 3.05) is 0 Å². The fraction of sp³-hybridized carbons (Fsp3) is 0.500. The number of carbonyl (C=O) groups is 1. The number of ether oxygens (including phenoxy) is 1. The Morgan fingerprint density at radius 2 is 2.20 bits per heavy atom. The van der Waals surface area contributed by atoms with E-state index in [0.29, 0.717) is 0 Å². The largest absolute Gasteiger partial charge is 0.444 e. The van der Waals surface area contributed by atoms with Gasteiger partial charge in [0.15, 0.2) is 0 Å². The quantitative estimate of drug-likeness (QED) is 0.375. The molecule has 1 unspecified atom stereocenters. The van der Waals surface area contributed by atoms with Crippen LogP contribution in [0.1, 0.15) is 13.8 Å². The van der Waals surface area contributed by atoms with Crippen LogP contribution in [0.4, 0.5) is 0 Å². The van der Waals surface area contributed by atoms with Crippen molar-refractivity contribution in [1.29, 1.82) is 0 Å². The third-order valence-electron chi connectivity index (χ3n) is 0.605. The van der Waals surface area contributed by atoms with E-state index >= 15 is 0 Å². The predicted molar refractivity (Wildman–Crippen MR) is 41.8 cm³/mol. The Bertz CT molecular complexity index is 123. The first-order valence-electron chi connectivity index (χ1n) is 2.75. The SMILES string of the molecule is C/C=C/C(=O)OC(C)N.Cl. The average molecular weight is 166 g/mol. The van der Waals surface area contributed by atoms with Crippen molar-refractivity contribution in [2.45, 2.75) is 20.1 Å². The van der Waals surface area contributed by atoms with Crippen LogP contribution in [-0.4, -0.2) is 12.2 Å². The zero-order chi connectivity index (χ0) is 7.28. The van der Waals surface area contributed by atoms with Crippen LogP contribution in [0, 0.1) is 0 Å². The van der Waals surface area contributed by atoms with Crippen LogP contribution >= 0.6 is 12.4 Å². The molecule has 0 fully saturated rings. The van der Waals surface area contributed by atoms with Crippen LogP contribution in [0.15, 0.2) is 12.2 Å². The molecule has 0 heterocycles. The van der Waals surface area contributed by atoms with Crippen LogP contribution in [-0.2, 0) is 9.53 Å². The minimum absolute atomic E-state index is 0. The first kappa shape index (κ1) is 12.2. The lowest BCUT2D eigenvalue weighted by molar-refractivity contribution is -0.141. The average Bonchev–Trinajstić information content (AvgIpc) is 1.63. The molecule has 0 spiro atoms. The molecule has 0 saturated carbocycles. The summed E-state index contributed by atoms with van der Waals surface area (Å²) < 4.78 is 4.54. The van der Waals surface area contributed by atoms with Crippen molar-refractivity contribution in [1.82, 2.24) is 0 Å². The molecule has 0 aromatic heterocycles. The van der Waals surface area contributed by atoms with E-state index in [1.54, 1.807) is 19.9 Å². The lowest BCUT2D eigenvalue weighted by Gasteiger charge is -2.02. The molecule has 0 saturated heterocycles. The van der Waals surface area contributed by atoms with Gasteiger partial charge in [0.1, 0.15) is 6.23 Å². The standard InChI is InChI=1S/C6H11NO2.ClH/c1-3-4-6(8)9-5(2)7;/h3-5H,7H2,1-2H3;1H/b4-3+;. The van der Waals surface area contributed by atoms with E-state index in [0.717, 1.165) is 0 Å². The summed E-state index contributed by atoms with van der Waals surface area (Å²) in [5.41, 5.74) is 5.15. The van der Waals surface area contributed by atoms with E-state index in [2.05, 4.69) is 4.74 Å². The van der Waals surface area contributed by atoms with Crippen molar-refractivity contribution >= 4 is 18.4 Å². The molecule has 10 heavy (non-hydrogen) atoms. The summed E-state index contributed by atoms with van der Waals surface area (Å²) in [5, 5.41) is 0. The summed E-state index contributed by atoms with van der Waals surface area (Å²) in [7, 11) is 0. The number of esters is 1. The van der Waals surface area contributed by atoms with E-state index < -0.39 is 12.2 Å². The number of hydrogen-bond acceptors (Lipinski definition) is 3. The van der Waals surface area contributed by atoms with E-state index in [1.807, 2.05) is 0 Å². The van der Waals surface area contributed by atoms with E-state index in [-0.39, 0.29) is 12.4 Å². The maximum absolute atomic E-state index is 10.5. The third kappa shape index (κ3) is 7.46. The molecule has 4 heteroatoms. The van der Waals surface area contributed by atoms with Gasteiger partial charge in [0.25, 0.3) is 0 Å². The minimum Gasteiger partial charge on any atom is -0.444 e. The molecule has 3 nitrogen and oxygen atoms in total. The summed E-state index contributed by atoms with van der Waals surface area (Å²) in [6.45, 7) is 3.34. The summed E-state index contributed by atoms with van der Waals surface area (Å²) in [6, 6.07) is 0. The highest BCUT2D eigenvalue weighted by molar-refractivity contribution is 5.85. The molecule has 0 aromatic carbocycles. The van der Waals surface area contributed by atoms with Gasteiger partial charge in [-0.1, -0.05) is 6.08 Å². The smallest absolute Gasteiger partial charge is 0.331 e. The third-order valence-corrected chi connectivity index (χ3v) is 0.605. The fourth-order valence-electron chi connectivity index (χ4n) is 0.359. The van der Waals surface area contributed by atoms with Crippen LogP contribution in [0.5, 0.6) is 0 Å². The molecule has 0 aliphatic heterocycles. The van der Waals surface area contributed by atoms with Crippen LogP contribution in [0.25, 0.3) is 0 Å². The highest BCUT2D eigenvalue weighted by atomic mass is 35.5. The monoisotopic (exact) mass is 165 g/mol. The Labute approximate surface area is 66.6 Å². The van der Waals surface area contributed by atoms with Gasteiger partial charge in [-0.2, -0.15) is 0 Å². The zero-order valence-electron chi connectivity index (χ0n) is 6.03. The Morgan fingerprint density at radius 1 is 1.70 bits per heavy atom. The van der Waals surface area contributed by atoms with E-state index in [9.17, 15) is 4.79 Å². The molecule has 0 amide bonds. The second-order valence-electron chi connectivity index (χ2n) is 1.64. The molecule has 0 rings (SSSR count). The van der Waals surface area contributed by atoms with Gasteiger partial charge in [0.2, 0.25) is 0 Å². The highest BCUT2D eigenvalue weighted by Crippen LogP contribution is 1.83. The molecular formula is C6H12ClNO2. The normalized spacial score (nSPS) is 12.3.